The molecule has 1 aliphatic carbocycles. The first kappa shape index (κ1) is 9.55. The Bertz CT molecular complexity index is 212. The molecule has 1 rings (SSSR count). The summed E-state index contributed by atoms with van der Waals surface area (Å²) < 4.78 is 4.53. The van der Waals surface area contributed by atoms with Gasteiger partial charge in [0.25, 0.3) is 0 Å². The summed E-state index contributed by atoms with van der Waals surface area (Å²) in [7, 11) is 1.33. The van der Waals surface area contributed by atoms with E-state index in [4.69, 9.17) is 11.6 Å². The Morgan fingerprint density at radius 1 is 1.83 bits per heavy atom. The Labute approximate surface area is 76.0 Å². The standard InChI is InChI=1S/C8H11ClO3/c1-12-8(11)5-2-3-7(10)6(9)4-5/h4,6-7,10H,2-3H2,1H3/t6-,7?/m1/s1. The lowest BCUT2D eigenvalue weighted by molar-refractivity contribution is -0.136. The smallest absolute Gasteiger partial charge is 0.333 e. The molecule has 1 unspecified atom stereocenters. The molecule has 3 nitrogen and oxygen atoms in total. The van der Waals surface area contributed by atoms with Crippen molar-refractivity contribution in [1.82, 2.24) is 0 Å². The fraction of sp³-hybridized carbons (Fsp3) is 0.625. The molecule has 1 N–H and O–H groups in total. The Morgan fingerprint density at radius 3 is 3.00 bits per heavy atom. The highest BCUT2D eigenvalue weighted by molar-refractivity contribution is 6.22. The van der Waals surface area contributed by atoms with E-state index in [0.717, 1.165) is 0 Å². The molecule has 0 aliphatic heterocycles. The fourth-order valence-corrected chi connectivity index (χ4v) is 1.43. The Balaban J connectivity index is 2.68. The summed E-state index contributed by atoms with van der Waals surface area (Å²) in [5, 5.41) is 8.76. The number of rotatable bonds is 1. The van der Waals surface area contributed by atoms with Gasteiger partial charge in [0.2, 0.25) is 0 Å². The minimum Gasteiger partial charge on any atom is -0.466 e. The van der Waals surface area contributed by atoms with E-state index in [2.05, 4.69) is 4.74 Å². The fourth-order valence-electron chi connectivity index (χ4n) is 1.15. The van der Waals surface area contributed by atoms with E-state index in [0.29, 0.717) is 18.4 Å². The Morgan fingerprint density at radius 2 is 2.50 bits per heavy atom. The third-order valence-electron chi connectivity index (χ3n) is 1.89. The molecule has 0 aromatic heterocycles. The highest BCUT2D eigenvalue weighted by Crippen LogP contribution is 2.22. The molecule has 0 saturated carbocycles. The molecule has 0 saturated heterocycles. The van der Waals surface area contributed by atoms with Crippen molar-refractivity contribution in [1.29, 1.82) is 0 Å². The van der Waals surface area contributed by atoms with Crippen LogP contribution in [-0.4, -0.2) is 29.7 Å². The minimum absolute atomic E-state index is 0.354. The van der Waals surface area contributed by atoms with Crippen LogP contribution >= 0.6 is 11.6 Å². The van der Waals surface area contributed by atoms with E-state index in [1.165, 1.54) is 7.11 Å². The first-order valence-electron chi connectivity index (χ1n) is 3.76. The number of carbonyl (C=O) groups is 1. The summed E-state index contributed by atoms with van der Waals surface area (Å²) in [5.41, 5.74) is 0.558. The van der Waals surface area contributed by atoms with Gasteiger partial charge in [0.15, 0.2) is 0 Å². The molecule has 0 aromatic carbocycles. The van der Waals surface area contributed by atoms with E-state index >= 15 is 0 Å². The molecule has 1 aliphatic rings. The maximum Gasteiger partial charge on any atom is 0.333 e. The molecule has 0 fully saturated rings. The van der Waals surface area contributed by atoms with E-state index in [9.17, 15) is 9.90 Å². The van der Waals surface area contributed by atoms with Gasteiger partial charge in [-0.15, -0.1) is 11.6 Å². The van der Waals surface area contributed by atoms with E-state index < -0.39 is 11.5 Å². The summed E-state index contributed by atoms with van der Waals surface area (Å²) >= 11 is 5.73. The van der Waals surface area contributed by atoms with Crippen molar-refractivity contribution in [2.75, 3.05) is 7.11 Å². The van der Waals surface area contributed by atoms with Crippen LogP contribution in [0.15, 0.2) is 11.6 Å². The lowest BCUT2D eigenvalue weighted by Crippen LogP contribution is -2.25. The molecule has 12 heavy (non-hydrogen) atoms. The first-order valence-corrected chi connectivity index (χ1v) is 4.20. The lowest BCUT2D eigenvalue weighted by Gasteiger charge is -2.20. The molecular weight excluding hydrogens is 180 g/mol. The molecule has 0 bridgehead atoms. The normalized spacial score (nSPS) is 29.4. The maximum atomic E-state index is 11.0. The molecule has 0 heterocycles. The number of aliphatic hydroxyl groups is 1. The van der Waals surface area contributed by atoms with Gasteiger partial charge in [0, 0.05) is 5.57 Å². The molecule has 2 atom stereocenters. The number of hydrogen-bond acceptors (Lipinski definition) is 3. The van der Waals surface area contributed by atoms with Crippen molar-refractivity contribution in [2.24, 2.45) is 0 Å². The SMILES string of the molecule is COC(=O)C1=C[C@@H](Cl)C(O)CC1. The average Bonchev–Trinajstić information content (AvgIpc) is 2.08. The van der Waals surface area contributed by atoms with Crippen LogP contribution in [0.2, 0.25) is 0 Å². The van der Waals surface area contributed by atoms with Gasteiger partial charge in [-0.3, -0.25) is 0 Å². The molecular formula is C8H11ClO3. The Hall–Kier alpha value is -0.540. The predicted octanol–water partition coefficient (Wildman–Crippen LogP) is 0.848. The quantitative estimate of drug-likeness (QED) is 0.493. The van der Waals surface area contributed by atoms with E-state index in [1.54, 1.807) is 6.08 Å². The second kappa shape index (κ2) is 3.92. The van der Waals surface area contributed by atoms with Gasteiger partial charge in [-0.05, 0) is 12.8 Å². The summed E-state index contributed by atoms with van der Waals surface area (Å²) in [6.07, 6.45) is 2.08. The molecule has 0 aromatic rings. The summed E-state index contributed by atoms with van der Waals surface area (Å²) in [6.45, 7) is 0. The minimum atomic E-state index is -0.542. The average molecular weight is 191 g/mol. The van der Waals surface area contributed by atoms with Crippen LogP contribution < -0.4 is 0 Å². The van der Waals surface area contributed by atoms with Gasteiger partial charge >= 0.3 is 5.97 Å². The van der Waals surface area contributed by atoms with Crippen LogP contribution in [0.5, 0.6) is 0 Å². The van der Waals surface area contributed by atoms with Gasteiger partial charge in [-0.1, -0.05) is 6.08 Å². The lowest BCUT2D eigenvalue weighted by atomic mass is 9.97. The van der Waals surface area contributed by atoms with Crippen molar-refractivity contribution in [2.45, 2.75) is 24.3 Å². The van der Waals surface area contributed by atoms with E-state index in [1.807, 2.05) is 0 Å². The van der Waals surface area contributed by atoms with E-state index in [-0.39, 0.29) is 5.97 Å². The van der Waals surface area contributed by atoms with Crippen molar-refractivity contribution in [3.8, 4) is 0 Å². The van der Waals surface area contributed by atoms with Gasteiger partial charge in [-0.2, -0.15) is 0 Å². The third kappa shape index (κ3) is 1.99. The van der Waals surface area contributed by atoms with Gasteiger partial charge in [0.05, 0.1) is 18.6 Å². The second-order valence-corrected chi connectivity index (χ2v) is 3.24. The van der Waals surface area contributed by atoms with Crippen LogP contribution in [0, 0.1) is 0 Å². The van der Waals surface area contributed by atoms with Crippen LogP contribution in [0.1, 0.15) is 12.8 Å². The van der Waals surface area contributed by atoms with Gasteiger partial charge in [0.1, 0.15) is 0 Å². The number of alkyl halides is 1. The highest BCUT2D eigenvalue weighted by Gasteiger charge is 2.23. The summed E-state index contributed by atoms with van der Waals surface area (Å²) in [5.74, 6) is -0.354. The summed E-state index contributed by atoms with van der Waals surface area (Å²) in [6, 6.07) is 0. The second-order valence-electron chi connectivity index (χ2n) is 2.73. The highest BCUT2D eigenvalue weighted by atomic mass is 35.5. The number of carbonyl (C=O) groups excluding carboxylic acids is 1. The number of methoxy groups -OCH3 is 1. The molecule has 0 spiro atoms. The van der Waals surface area contributed by atoms with Crippen LogP contribution in [-0.2, 0) is 9.53 Å². The zero-order valence-corrected chi connectivity index (χ0v) is 7.54. The number of aliphatic hydroxyl groups excluding tert-OH is 1. The Kier molecular flexibility index (Phi) is 3.12. The van der Waals surface area contributed by atoms with Crippen molar-refractivity contribution in [3.05, 3.63) is 11.6 Å². The van der Waals surface area contributed by atoms with Crippen LogP contribution in [0.4, 0.5) is 0 Å². The third-order valence-corrected chi connectivity index (χ3v) is 2.30. The largest absolute Gasteiger partial charge is 0.466 e. The zero-order chi connectivity index (χ0) is 9.14. The molecule has 68 valence electrons. The molecule has 4 heteroatoms. The number of halogens is 1. The van der Waals surface area contributed by atoms with Gasteiger partial charge < -0.3 is 9.84 Å². The number of esters is 1. The number of hydrogen-bond donors (Lipinski definition) is 1. The van der Waals surface area contributed by atoms with Gasteiger partial charge in [-0.25, -0.2) is 4.79 Å². The van der Waals surface area contributed by atoms with Crippen molar-refractivity contribution < 1.29 is 14.6 Å². The van der Waals surface area contributed by atoms with Crippen molar-refractivity contribution >= 4 is 17.6 Å². The zero-order valence-electron chi connectivity index (χ0n) is 6.79. The monoisotopic (exact) mass is 190 g/mol. The topological polar surface area (TPSA) is 46.5 Å². The van der Waals surface area contributed by atoms with Crippen LogP contribution in [0.3, 0.4) is 0 Å². The molecule has 0 radical (unpaired) electrons. The summed E-state index contributed by atoms with van der Waals surface area (Å²) in [4.78, 5) is 11.0. The number of ether oxygens (including phenoxy) is 1. The predicted molar refractivity (Wildman–Crippen MR) is 45.0 cm³/mol. The van der Waals surface area contributed by atoms with Crippen LogP contribution in [0.25, 0.3) is 0 Å². The first-order chi connectivity index (χ1) is 5.65. The van der Waals surface area contributed by atoms with Crippen molar-refractivity contribution in [3.63, 3.8) is 0 Å². The molecule has 0 amide bonds. The maximum absolute atomic E-state index is 11.0.